The Morgan fingerprint density at radius 3 is 0.814 bits per heavy atom. The number of hydrogen-bond acceptors (Lipinski definition) is 40. The third kappa shape index (κ3) is 15.4. The van der Waals surface area contributed by atoms with E-state index in [4.69, 9.17) is 83.8 Å². The van der Waals surface area contributed by atoms with E-state index in [1.807, 2.05) is 0 Å². The van der Waals surface area contributed by atoms with Crippen LogP contribution >= 0.6 is 0 Å². The molecule has 1 aromatic heterocycles. The number of furan rings is 1. The summed E-state index contributed by atoms with van der Waals surface area (Å²) in [5.74, 6) is 0. The van der Waals surface area contributed by atoms with Gasteiger partial charge in [0, 0.05) is 10.8 Å². The van der Waals surface area contributed by atoms with Crippen molar-refractivity contribution >= 4 is 42.2 Å². The molecule has 20 heterocycles. The molecule has 5 aromatic carbocycles. The van der Waals surface area contributed by atoms with Gasteiger partial charge in [0.05, 0.1) is 42.8 Å². The van der Waals surface area contributed by atoms with Crippen molar-refractivity contribution in [1.29, 1.82) is 0 Å². The maximum Gasteiger partial charge on any atom is 0.299 e. The zero-order valence-corrected chi connectivity index (χ0v) is 60.3. The SMILES string of the molecule is O=S1(=O)O[C@H]2O[C@H]3O[C@H]4[C@H](O)[C@@H](O)[C@@H](O[C@H]5[C@H](O)[C@@H](O)[C@@H](O[C@H]6[C@H](O)[C@@H](O)[C@@H](O[C@H]7[C@H](O)[C@@H](O)[C@@H](O[C@@H]8[C@H](O[C@@H](O[C@H]9[C@H](O)[C@@H](O)[C@@H](O[C@H]2[C@H](O)[C@H]3O)O[C@@H]9CO)[C@H](O)[C@H]8O)OS(=O)(=O)c2ccc3oc8ccc1cc8c3c2)O[C@@H]7CO)O[C@@H]6CO)O[C@@H]5COC(c1ccccc1)(c1ccccc1)c1ccccc1)O[C@@H]4CO. The molecule has 620 valence electrons. The van der Waals surface area contributed by atoms with Crippen molar-refractivity contribution in [2.24, 2.45) is 0 Å². The largest absolute Gasteiger partial charge is 0.456 e. The van der Waals surface area contributed by atoms with Crippen molar-refractivity contribution in [2.75, 3.05) is 33.0 Å². The molecule has 19 aliphatic rings. The summed E-state index contributed by atoms with van der Waals surface area (Å²) in [6, 6.07) is 32.1. The van der Waals surface area contributed by atoms with Crippen LogP contribution in [0.2, 0.25) is 0 Å². The van der Waals surface area contributed by atoms with E-state index >= 15 is 0 Å². The number of benzene rings is 5. The zero-order chi connectivity index (χ0) is 80.0. The molecule has 0 spiro atoms. The second-order valence-corrected chi connectivity index (χ2v) is 31.5. The molecule has 35 atom stereocenters. The Morgan fingerprint density at radius 2 is 0.531 bits per heavy atom. The molecule has 6 aromatic rings. The van der Waals surface area contributed by atoms with Gasteiger partial charge in [0.25, 0.3) is 20.2 Å². The fourth-order valence-corrected chi connectivity index (χ4v) is 17.4. The molecule has 19 aliphatic heterocycles. The van der Waals surface area contributed by atoms with Crippen LogP contribution in [0.3, 0.4) is 0 Å². The molecule has 0 radical (unpaired) electrons. The van der Waals surface area contributed by atoms with Crippen molar-refractivity contribution in [3.05, 3.63) is 144 Å². The molecule has 0 saturated carbocycles. The molecule has 0 aliphatic carbocycles. The van der Waals surface area contributed by atoms with E-state index in [0.29, 0.717) is 16.7 Å². The van der Waals surface area contributed by atoms with Crippen molar-refractivity contribution in [3.8, 4) is 0 Å². The van der Waals surface area contributed by atoms with Gasteiger partial charge in [-0.25, -0.2) is 8.37 Å². The first-order valence-corrected chi connectivity index (χ1v) is 38.7. The Balaban J connectivity index is 0.833. The minimum absolute atomic E-state index is 0.0932. The average molecular weight is 1640 g/mol. The number of ether oxygens (including phenoxy) is 15. The van der Waals surface area contributed by atoms with Crippen molar-refractivity contribution in [2.45, 2.75) is 231 Å². The van der Waals surface area contributed by atoms with Gasteiger partial charge in [-0.1, -0.05) is 91.0 Å². The monoisotopic (exact) mass is 1640 g/mol. The van der Waals surface area contributed by atoms with Crippen molar-refractivity contribution < 1.29 is 193 Å². The van der Waals surface area contributed by atoms with Crippen molar-refractivity contribution in [1.82, 2.24) is 0 Å². The van der Waals surface area contributed by atoms with Gasteiger partial charge in [-0.2, -0.15) is 16.8 Å². The highest BCUT2D eigenvalue weighted by Gasteiger charge is 2.61. The third-order valence-corrected chi connectivity index (χ3v) is 24.0. The third-order valence-electron chi connectivity index (χ3n) is 21.4. The summed E-state index contributed by atoms with van der Waals surface area (Å²) in [5.41, 5.74) is -0.252. The summed E-state index contributed by atoms with van der Waals surface area (Å²) in [6.45, 7) is -5.53. The number of fused-ring (bicyclic) bond motifs is 5. The van der Waals surface area contributed by atoms with Crippen LogP contribution < -0.4 is 0 Å². The van der Waals surface area contributed by atoms with E-state index < -0.39 is 284 Å². The van der Waals surface area contributed by atoms with Gasteiger partial charge in [-0.05, 0) is 53.1 Å². The lowest BCUT2D eigenvalue weighted by atomic mass is 9.80. The molecular weight excluding hydrogens is 1560 g/mol. The Morgan fingerprint density at radius 1 is 0.283 bits per heavy atom. The van der Waals surface area contributed by atoms with Gasteiger partial charge in [-0.3, -0.25) is 0 Å². The second-order valence-electron chi connectivity index (χ2n) is 28.4. The summed E-state index contributed by atoms with van der Waals surface area (Å²) in [4.78, 5) is -1.58. The maximum absolute atomic E-state index is 14.9. The van der Waals surface area contributed by atoms with Crippen LogP contribution in [0, 0.1) is 0 Å². The zero-order valence-electron chi connectivity index (χ0n) is 58.7. The number of hydrogen-bond donors (Lipinski definition) is 18. The van der Waals surface area contributed by atoms with Gasteiger partial charge in [0.2, 0.25) is 12.6 Å². The van der Waals surface area contributed by atoms with E-state index in [9.17, 15) is 109 Å². The highest BCUT2D eigenvalue weighted by atomic mass is 32.2. The Labute approximate surface area is 640 Å². The molecular formula is C71H84O40S2. The summed E-state index contributed by atoms with van der Waals surface area (Å²) in [6.07, 6.45) is -80.7. The maximum atomic E-state index is 14.9. The van der Waals surface area contributed by atoms with E-state index in [0.717, 1.165) is 36.4 Å². The fourth-order valence-electron chi connectivity index (χ4n) is 15.4. The molecule has 17 fully saturated rings. The summed E-state index contributed by atoms with van der Waals surface area (Å²) in [5, 5.41) is 212. The quantitative estimate of drug-likeness (QED) is 0.0448. The first kappa shape index (κ1) is 82.5. The van der Waals surface area contributed by atoms with Crippen LogP contribution in [-0.4, -0.2) is 357 Å². The van der Waals surface area contributed by atoms with Crippen LogP contribution in [0.4, 0.5) is 0 Å². The summed E-state index contributed by atoms with van der Waals surface area (Å²) < 4.78 is 168. The molecule has 113 heavy (non-hydrogen) atoms. The topological polar surface area (TPSA) is 602 Å². The molecule has 0 unspecified atom stereocenters. The number of aliphatic hydroxyl groups is 18. The molecule has 40 nitrogen and oxygen atoms in total. The van der Waals surface area contributed by atoms with Gasteiger partial charge in [-0.15, -0.1) is 0 Å². The lowest BCUT2D eigenvalue weighted by molar-refractivity contribution is -0.411. The summed E-state index contributed by atoms with van der Waals surface area (Å²) >= 11 is 0. The first-order chi connectivity index (χ1) is 54.1. The van der Waals surface area contributed by atoms with Crippen LogP contribution in [0.15, 0.2) is 142 Å². The van der Waals surface area contributed by atoms with Crippen LogP contribution in [0.1, 0.15) is 16.7 Å². The van der Waals surface area contributed by atoms with E-state index in [1.54, 1.807) is 91.0 Å². The minimum Gasteiger partial charge on any atom is -0.456 e. The smallest absolute Gasteiger partial charge is 0.299 e. The van der Waals surface area contributed by atoms with Crippen LogP contribution in [-0.2, 0) is 105 Å². The molecule has 42 heteroatoms. The predicted molar refractivity (Wildman–Crippen MR) is 363 cm³/mol. The van der Waals surface area contributed by atoms with Gasteiger partial charge in [0.15, 0.2) is 44.0 Å². The Bertz CT molecular complexity index is 4340. The lowest BCUT2D eigenvalue weighted by Gasteiger charge is -2.50. The second kappa shape index (κ2) is 33.3. The van der Waals surface area contributed by atoms with Gasteiger partial charge >= 0.3 is 0 Å². The molecule has 18 N–H and O–H groups in total. The predicted octanol–water partition coefficient (Wildman–Crippen LogP) is -7.26. The molecule has 0 amide bonds. The minimum atomic E-state index is -5.42. The molecule has 20 bridgehead atoms. The number of rotatable bonds is 10. The van der Waals surface area contributed by atoms with E-state index in [-0.39, 0.29) is 21.9 Å². The lowest BCUT2D eigenvalue weighted by Crippen LogP contribution is -2.68. The van der Waals surface area contributed by atoms with Gasteiger partial charge < -0.3 is 167 Å². The van der Waals surface area contributed by atoms with Crippen LogP contribution in [0.25, 0.3) is 21.9 Å². The Kier molecular flexibility index (Phi) is 24.3. The highest BCUT2D eigenvalue weighted by Crippen LogP contribution is 2.45. The van der Waals surface area contributed by atoms with E-state index in [2.05, 4.69) is 0 Å². The first-order valence-electron chi connectivity index (χ1n) is 35.8. The molecule has 25 rings (SSSR count). The Hall–Kier alpha value is -5.60. The highest BCUT2D eigenvalue weighted by molar-refractivity contribution is 7.87. The normalized spacial score (nSPS) is 43.2. The van der Waals surface area contributed by atoms with E-state index in [1.165, 1.54) is 0 Å². The van der Waals surface area contributed by atoms with Crippen molar-refractivity contribution in [3.63, 3.8) is 0 Å². The number of aliphatic hydroxyl groups excluding tert-OH is 18. The summed E-state index contributed by atoms with van der Waals surface area (Å²) in [7, 11) is -10.8. The molecule has 17 saturated heterocycles. The standard InChI is InChI=1S/C71H84O40S2/c72-22-36-56-41(76)48(83)62(96-36)101-55-37(23-73)98-64(50(85)43(55)78)106-60-47(82)54(89)68-104-58-39(25-75)99-65(51(86)44(58)79)107-61-46(81)53(88)67(108-70(61)111-113(92,93)31-17-19-35-33(21-31)32-20-30(16-18-34(32)95-35)112(90,91)110-69(60)109-68)103-57-38(24-74)97-63(49(84)42(57)77)105-59-40(100-66(102-56)52(87)45(59)80)26-94-71(27-10-4-1-5-11-27,28-12-6-2-7-13-28)29-14-8-3-9-15-29/h1-21,36-70,72-89H,22-26H2/t36-,37-,38-,39-,40-,41-,42-,43-,44-,45-,46-,47-,48-,49-,50-,51-,52-,53-,54-,55-,56-,57-,58-,59-,60+,61+,62-,63-,64-,65-,66-,67-,68-,69-,70-/m1/s1. The van der Waals surface area contributed by atoms with Gasteiger partial charge in [0.1, 0.15) is 175 Å². The average Bonchev–Trinajstić information content (AvgIpc) is 1.73. The fraction of sp³-hybridized carbons (Fsp3) is 0.577. The van der Waals surface area contributed by atoms with Crippen LogP contribution in [0.5, 0.6) is 0 Å².